The Morgan fingerprint density at radius 2 is 1.48 bits per heavy atom. The number of aliphatic hydroxyl groups is 1. The van der Waals surface area contributed by atoms with Crippen LogP contribution in [-0.2, 0) is 9.59 Å². The molecule has 0 spiro atoms. The summed E-state index contributed by atoms with van der Waals surface area (Å²) in [6.45, 7) is 5.74. The lowest BCUT2D eigenvalue weighted by Gasteiger charge is -2.47. The van der Waals surface area contributed by atoms with Crippen LogP contribution in [0.15, 0.2) is 35.5 Å². The Labute approximate surface area is 275 Å². The lowest BCUT2D eigenvalue weighted by Crippen LogP contribution is -2.64. The van der Waals surface area contributed by atoms with Crippen molar-refractivity contribution in [1.82, 2.24) is 15.5 Å². The fraction of sp³-hybridized carbons (Fsp3) is 0.455. The number of hydrogen-bond donors (Lipinski definition) is 6. The number of nitrogens with one attached hydrogen (secondary N) is 2. The van der Waals surface area contributed by atoms with Crippen molar-refractivity contribution in [2.45, 2.75) is 45.8 Å². The standard InChI is InChI=1S/C33H40F2N4O9/c1-16-7-8-19(24(34)28(16)42)30(44)36-11-5-13-39(4,14-6-12-37-31(45)20-9-10-22(41)29(43)25(20)35)15-21-17(2)26-23(18(3)40)32(46)38(26)27(21)33(47)48/h7-10,17-18,23,26,40H,5-6,11-15H2,1-4H3,(H5-,36,37,41,42,43,44,45,47,48)/t17-,18+,23+,26+,39?/m0/s1. The number of hydrogen-bond acceptors (Lipinski definition) is 9. The summed E-state index contributed by atoms with van der Waals surface area (Å²) in [5.41, 5.74) is -0.308. The minimum Gasteiger partial charge on any atom is -0.543 e. The summed E-state index contributed by atoms with van der Waals surface area (Å²) in [4.78, 5) is 51.5. The molecule has 1 fully saturated rings. The molecule has 3 amide bonds. The van der Waals surface area contributed by atoms with Gasteiger partial charge in [-0.25, -0.2) is 8.78 Å². The number of quaternary nitrogens is 1. The number of amides is 3. The number of carbonyl (C=O) groups excluding carboxylic acids is 4. The van der Waals surface area contributed by atoms with Crippen LogP contribution in [-0.4, -0.2) is 105 Å². The summed E-state index contributed by atoms with van der Waals surface area (Å²) >= 11 is 0. The van der Waals surface area contributed by atoms with Crippen LogP contribution >= 0.6 is 0 Å². The van der Waals surface area contributed by atoms with Gasteiger partial charge in [0.25, 0.3) is 11.8 Å². The number of likely N-dealkylation sites (N-methyl/N-ethyl adjacent to an activating group) is 1. The van der Waals surface area contributed by atoms with E-state index in [2.05, 4.69) is 10.6 Å². The van der Waals surface area contributed by atoms with Gasteiger partial charge in [-0.15, -0.1) is 0 Å². The quantitative estimate of drug-likeness (QED) is 0.0720. The minimum absolute atomic E-state index is 0.0555. The zero-order valence-electron chi connectivity index (χ0n) is 27.0. The maximum atomic E-state index is 14.5. The lowest BCUT2D eigenvalue weighted by atomic mass is 9.77. The van der Waals surface area contributed by atoms with E-state index in [0.29, 0.717) is 31.5 Å². The molecule has 6 N–H and O–H groups in total. The molecule has 5 atom stereocenters. The van der Waals surface area contributed by atoms with Gasteiger partial charge in [-0.3, -0.25) is 14.4 Å². The van der Waals surface area contributed by atoms with Gasteiger partial charge < -0.3 is 50.3 Å². The SMILES string of the molecule is Cc1ccc(C(=O)NCCC[N+](C)(CCCNC(=O)c2ccc(O)c(O)c2F)CC2=C(C(=O)[O-])N3C(=O)[C@H]([C@@H](C)O)[C@H]3[C@H]2C)c(F)c1O. The van der Waals surface area contributed by atoms with E-state index in [4.69, 9.17) is 0 Å². The summed E-state index contributed by atoms with van der Waals surface area (Å²) in [6, 6.07) is 4.14. The van der Waals surface area contributed by atoms with Crippen molar-refractivity contribution in [3.05, 3.63) is 63.9 Å². The summed E-state index contributed by atoms with van der Waals surface area (Å²) in [7, 11) is 1.83. The minimum atomic E-state index is -1.52. The van der Waals surface area contributed by atoms with Gasteiger partial charge >= 0.3 is 0 Å². The molecule has 48 heavy (non-hydrogen) atoms. The number of benzene rings is 2. The summed E-state index contributed by atoms with van der Waals surface area (Å²) in [5, 5.41) is 56.6. The van der Waals surface area contributed by atoms with Crippen LogP contribution in [0.4, 0.5) is 8.78 Å². The zero-order valence-corrected chi connectivity index (χ0v) is 27.0. The average Bonchev–Trinajstić information content (AvgIpc) is 3.26. The Bertz CT molecular complexity index is 1580. The van der Waals surface area contributed by atoms with Crippen molar-refractivity contribution in [1.29, 1.82) is 0 Å². The highest BCUT2D eigenvalue weighted by atomic mass is 19.1. The molecule has 2 heterocycles. The third-order valence-corrected chi connectivity index (χ3v) is 9.28. The van der Waals surface area contributed by atoms with Crippen LogP contribution < -0.4 is 15.7 Å². The van der Waals surface area contributed by atoms with Gasteiger partial charge in [0, 0.05) is 37.4 Å². The lowest BCUT2D eigenvalue weighted by molar-refractivity contribution is -0.905. The molecule has 2 aromatic carbocycles. The van der Waals surface area contributed by atoms with Crippen molar-refractivity contribution >= 4 is 23.7 Å². The molecule has 4 rings (SSSR count). The molecule has 2 aliphatic rings. The molecule has 0 aromatic heterocycles. The second kappa shape index (κ2) is 14.2. The molecule has 0 saturated carbocycles. The van der Waals surface area contributed by atoms with E-state index < -0.39 is 82.1 Å². The number of rotatable bonds is 14. The third-order valence-electron chi connectivity index (χ3n) is 9.28. The molecule has 0 bridgehead atoms. The number of fused-ring (bicyclic) bond motifs is 1. The molecule has 15 heteroatoms. The van der Waals surface area contributed by atoms with Crippen LogP contribution in [0, 0.1) is 30.4 Å². The van der Waals surface area contributed by atoms with Gasteiger partial charge in [-0.1, -0.05) is 13.0 Å². The zero-order chi connectivity index (χ0) is 35.7. The Morgan fingerprint density at radius 1 is 0.958 bits per heavy atom. The Kier molecular flexibility index (Phi) is 10.6. The molecule has 1 unspecified atom stereocenters. The predicted octanol–water partition coefficient (Wildman–Crippen LogP) is 0.638. The Balaban J connectivity index is 1.48. The van der Waals surface area contributed by atoms with E-state index in [0.717, 1.165) is 12.1 Å². The van der Waals surface area contributed by atoms with Crippen molar-refractivity contribution in [3.8, 4) is 17.2 Å². The first-order valence-corrected chi connectivity index (χ1v) is 15.5. The third kappa shape index (κ3) is 6.92. The van der Waals surface area contributed by atoms with Gasteiger partial charge in [0.1, 0.15) is 6.54 Å². The van der Waals surface area contributed by atoms with Gasteiger partial charge in [-0.05, 0) is 37.6 Å². The van der Waals surface area contributed by atoms with Crippen LogP contribution in [0.2, 0.25) is 0 Å². The fourth-order valence-electron chi connectivity index (χ4n) is 6.61. The first kappa shape index (κ1) is 36.1. The van der Waals surface area contributed by atoms with E-state index in [-0.39, 0.29) is 40.9 Å². The molecule has 2 aliphatic heterocycles. The van der Waals surface area contributed by atoms with E-state index in [9.17, 15) is 53.5 Å². The molecular weight excluding hydrogens is 634 g/mol. The summed E-state index contributed by atoms with van der Waals surface area (Å²) in [5.74, 6) is -9.47. The molecule has 260 valence electrons. The maximum Gasteiger partial charge on any atom is 0.254 e. The van der Waals surface area contributed by atoms with Crippen LogP contribution in [0.1, 0.15) is 53.0 Å². The number of phenols is 3. The number of phenolic OH excluding ortho intramolecular Hbond substituents is 3. The first-order chi connectivity index (χ1) is 22.5. The number of halogens is 2. The number of aliphatic carboxylic acids is 1. The number of carboxylic acid groups (broad SMARTS) is 1. The van der Waals surface area contributed by atoms with Gasteiger partial charge in [-0.2, -0.15) is 0 Å². The average molecular weight is 675 g/mol. The number of nitrogens with zero attached hydrogens (tertiary/aromatic N) is 2. The van der Waals surface area contributed by atoms with E-state index in [1.165, 1.54) is 30.9 Å². The number of aromatic hydroxyl groups is 3. The smallest absolute Gasteiger partial charge is 0.254 e. The molecule has 0 aliphatic carbocycles. The highest BCUT2D eigenvalue weighted by Crippen LogP contribution is 2.47. The highest BCUT2D eigenvalue weighted by Gasteiger charge is 2.59. The van der Waals surface area contributed by atoms with Crippen LogP contribution in [0.5, 0.6) is 17.2 Å². The number of aliphatic hydroxyl groups excluding tert-OH is 1. The largest absolute Gasteiger partial charge is 0.543 e. The van der Waals surface area contributed by atoms with Gasteiger partial charge in [0.05, 0.1) is 61.0 Å². The van der Waals surface area contributed by atoms with Crippen molar-refractivity contribution in [2.24, 2.45) is 11.8 Å². The Hall–Kier alpha value is -4.76. The topological polar surface area (TPSA) is 200 Å². The van der Waals surface area contributed by atoms with E-state index in [1.54, 1.807) is 6.92 Å². The maximum absolute atomic E-state index is 14.5. The number of aryl methyl sites for hydroxylation is 1. The second-order valence-electron chi connectivity index (χ2n) is 12.7. The first-order valence-electron chi connectivity index (χ1n) is 15.5. The normalized spacial score (nSPS) is 20.5. The summed E-state index contributed by atoms with van der Waals surface area (Å²) in [6.07, 6.45) is -0.326. The second-order valence-corrected chi connectivity index (χ2v) is 12.7. The number of carbonyl (C=O) groups is 4. The van der Waals surface area contributed by atoms with Gasteiger partial charge in [0.2, 0.25) is 5.91 Å². The van der Waals surface area contributed by atoms with Crippen LogP contribution in [0.25, 0.3) is 0 Å². The predicted molar refractivity (Wildman–Crippen MR) is 164 cm³/mol. The highest BCUT2D eigenvalue weighted by molar-refractivity contribution is 5.99. The van der Waals surface area contributed by atoms with Crippen molar-refractivity contribution in [2.75, 3.05) is 39.8 Å². The molecule has 0 radical (unpaired) electrons. The molecule has 2 aromatic rings. The van der Waals surface area contributed by atoms with Crippen molar-refractivity contribution in [3.63, 3.8) is 0 Å². The Morgan fingerprint density at radius 3 is 2.00 bits per heavy atom. The van der Waals surface area contributed by atoms with E-state index in [1.807, 2.05) is 7.05 Å². The fourth-order valence-corrected chi connectivity index (χ4v) is 6.61. The van der Waals surface area contributed by atoms with Crippen LogP contribution in [0.3, 0.4) is 0 Å². The number of β-lactam (4-membered cyclic amide) rings is 1. The number of carboxylic acids is 1. The van der Waals surface area contributed by atoms with E-state index >= 15 is 0 Å². The molecule has 1 saturated heterocycles. The van der Waals surface area contributed by atoms with Gasteiger partial charge in [0.15, 0.2) is 28.9 Å². The summed E-state index contributed by atoms with van der Waals surface area (Å²) < 4.78 is 28.9. The van der Waals surface area contributed by atoms with Crippen molar-refractivity contribution < 1.29 is 58.0 Å². The molecule has 13 nitrogen and oxygen atoms in total. The molecular formula is C33H40F2N4O9. The monoisotopic (exact) mass is 674 g/mol.